The van der Waals surface area contributed by atoms with Gasteiger partial charge in [-0.2, -0.15) is 0 Å². The fraction of sp³-hybridized carbons (Fsp3) is 0.417. The summed E-state index contributed by atoms with van der Waals surface area (Å²) in [5.41, 5.74) is 0.154. The van der Waals surface area contributed by atoms with Crippen molar-refractivity contribution in [2.24, 2.45) is 5.92 Å². The summed E-state index contributed by atoms with van der Waals surface area (Å²) >= 11 is 5.76. The van der Waals surface area contributed by atoms with Gasteiger partial charge in [0.05, 0.1) is 4.92 Å². The SMILES string of the molecule is CC(NC(=O)c1ccc([N+](=O)[O-])c(Cl)c1)C1CC1. The minimum Gasteiger partial charge on any atom is -0.349 e. The number of benzene rings is 1. The molecule has 1 aromatic carbocycles. The number of nitro groups is 1. The highest BCUT2D eigenvalue weighted by Gasteiger charge is 2.29. The maximum Gasteiger partial charge on any atom is 0.287 e. The third-order valence-corrected chi connectivity index (χ3v) is 3.40. The fourth-order valence-corrected chi connectivity index (χ4v) is 2.05. The maximum absolute atomic E-state index is 11.9. The number of nitro benzene ring substituents is 1. The van der Waals surface area contributed by atoms with Gasteiger partial charge in [0.1, 0.15) is 5.02 Å². The minimum atomic E-state index is -0.573. The third kappa shape index (κ3) is 2.79. The molecule has 1 unspecified atom stereocenters. The van der Waals surface area contributed by atoms with E-state index in [-0.39, 0.29) is 22.7 Å². The molecule has 0 saturated heterocycles. The van der Waals surface area contributed by atoms with Crippen LogP contribution in [0, 0.1) is 16.0 Å². The van der Waals surface area contributed by atoms with Gasteiger partial charge in [0.2, 0.25) is 0 Å². The molecule has 96 valence electrons. The molecule has 1 fully saturated rings. The zero-order valence-electron chi connectivity index (χ0n) is 9.85. The summed E-state index contributed by atoms with van der Waals surface area (Å²) in [7, 11) is 0. The molecule has 1 N–H and O–H groups in total. The van der Waals surface area contributed by atoms with Gasteiger partial charge in [-0.25, -0.2) is 0 Å². The lowest BCUT2D eigenvalue weighted by Gasteiger charge is -2.12. The van der Waals surface area contributed by atoms with Crippen molar-refractivity contribution in [3.8, 4) is 0 Å². The molecular formula is C12H13ClN2O3. The Bertz CT molecular complexity index is 500. The Morgan fingerprint density at radius 1 is 1.56 bits per heavy atom. The molecule has 0 radical (unpaired) electrons. The Balaban J connectivity index is 2.10. The smallest absolute Gasteiger partial charge is 0.287 e. The Labute approximate surface area is 109 Å². The normalized spacial score (nSPS) is 16.1. The average Bonchev–Trinajstić information content (AvgIpc) is 3.11. The highest BCUT2D eigenvalue weighted by molar-refractivity contribution is 6.33. The lowest BCUT2D eigenvalue weighted by molar-refractivity contribution is -0.384. The van der Waals surface area contributed by atoms with E-state index in [2.05, 4.69) is 5.32 Å². The van der Waals surface area contributed by atoms with E-state index in [9.17, 15) is 14.9 Å². The van der Waals surface area contributed by atoms with Gasteiger partial charge in [-0.15, -0.1) is 0 Å². The first-order valence-electron chi connectivity index (χ1n) is 5.74. The molecule has 0 heterocycles. The Kier molecular flexibility index (Phi) is 3.52. The molecule has 1 aliphatic carbocycles. The number of nitrogens with one attached hydrogen (secondary N) is 1. The van der Waals surface area contributed by atoms with Crippen molar-refractivity contribution in [2.45, 2.75) is 25.8 Å². The van der Waals surface area contributed by atoms with Gasteiger partial charge in [-0.3, -0.25) is 14.9 Å². The third-order valence-electron chi connectivity index (χ3n) is 3.09. The monoisotopic (exact) mass is 268 g/mol. The first-order chi connectivity index (χ1) is 8.49. The molecule has 0 spiro atoms. The Morgan fingerprint density at radius 3 is 2.72 bits per heavy atom. The summed E-state index contributed by atoms with van der Waals surface area (Å²) < 4.78 is 0. The second kappa shape index (κ2) is 4.94. The van der Waals surface area contributed by atoms with Crippen molar-refractivity contribution in [1.82, 2.24) is 5.32 Å². The molecule has 0 aliphatic heterocycles. The van der Waals surface area contributed by atoms with Gasteiger partial charge < -0.3 is 5.32 Å². The molecule has 1 aromatic rings. The van der Waals surface area contributed by atoms with Gasteiger partial charge in [0.15, 0.2) is 0 Å². The molecule has 1 saturated carbocycles. The van der Waals surface area contributed by atoms with Gasteiger partial charge in [0.25, 0.3) is 11.6 Å². The van der Waals surface area contributed by atoms with E-state index in [4.69, 9.17) is 11.6 Å². The van der Waals surface area contributed by atoms with Crippen molar-refractivity contribution in [3.63, 3.8) is 0 Å². The quantitative estimate of drug-likeness (QED) is 0.674. The molecule has 6 heteroatoms. The van der Waals surface area contributed by atoms with Crippen LogP contribution in [0.15, 0.2) is 18.2 Å². The molecular weight excluding hydrogens is 256 g/mol. The molecule has 0 aromatic heterocycles. The van der Waals surface area contributed by atoms with Crippen LogP contribution in [-0.4, -0.2) is 16.9 Å². The Morgan fingerprint density at radius 2 is 2.22 bits per heavy atom. The first kappa shape index (κ1) is 12.8. The topological polar surface area (TPSA) is 72.2 Å². The second-order valence-corrected chi connectivity index (χ2v) is 4.93. The van der Waals surface area contributed by atoms with Crippen LogP contribution in [0.5, 0.6) is 0 Å². The number of amides is 1. The molecule has 5 nitrogen and oxygen atoms in total. The predicted molar refractivity (Wildman–Crippen MR) is 67.8 cm³/mol. The lowest BCUT2D eigenvalue weighted by Crippen LogP contribution is -2.33. The fourth-order valence-electron chi connectivity index (χ4n) is 1.80. The van der Waals surface area contributed by atoms with Crippen LogP contribution in [0.25, 0.3) is 0 Å². The standard InChI is InChI=1S/C12H13ClN2O3/c1-7(8-2-3-8)14-12(16)9-4-5-11(15(17)18)10(13)6-9/h4-8H,2-3H2,1H3,(H,14,16). The largest absolute Gasteiger partial charge is 0.349 e. The van der Waals surface area contributed by atoms with Crippen LogP contribution < -0.4 is 5.32 Å². The van der Waals surface area contributed by atoms with Crippen molar-refractivity contribution in [3.05, 3.63) is 38.9 Å². The van der Waals surface area contributed by atoms with Crippen LogP contribution >= 0.6 is 11.6 Å². The van der Waals surface area contributed by atoms with E-state index in [1.807, 2.05) is 6.92 Å². The van der Waals surface area contributed by atoms with Crippen molar-refractivity contribution in [2.75, 3.05) is 0 Å². The van der Waals surface area contributed by atoms with Crippen molar-refractivity contribution >= 4 is 23.2 Å². The lowest BCUT2D eigenvalue weighted by atomic mass is 10.1. The first-order valence-corrected chi connectivity index (χ1v) is 6.11. The van der Waals surface area contributed by atoms with Crippen LogP contribution in [0.3, 0.4) is 0 Å². The highest BCUT2D eigenvalue weighted by atomic mass is 35.5. The summed E-state index contributed by atoms with van der Waals surface area (Å²) in [6.07, 6.45) is 2.28. The number of rotatable bonds is 4. The molecule has 2 rings (SSSR count). The summed E-state index contributed by atoms with van der Waals surface area (Å²) in [6, 6.07) is 4.12. The number of carbonyl (C=O) groups is 1. The highest BCUT2D eigenvalue weighted by Crippen LogP contribution is 2.32. The van der Waals surface area contributed by atoms with E-state index in [1.54, 1.807) is 0 Å². The van der Waals surface area contributed by atoms with E-state index in [0.717, 1.165) is 12.8 Å². The number of hydrogen-bond donors (Lipinski definition) is 1. The molecule has 1 atom stereocenters. The molecule has 1 aliphatic rings. The van der Waals surface area contributed by atoms with E-state index in [1.165, 1.54) is 18.2 Å². The number of carbonyl (C=O) groups excluding carboxylic acids is 1. The van der Waals surface area contributed by atoms with Gasteiger partial charge in [-0.1, -0.05) is 11.6 Å². The van der Waals surface area contributed by atoms with E-state index in [0.29, 0.717) is 11.5 Å². The summed E-state index contributed by atoms with van der Waals surface area (Å²) in [5, 5.41) is 13.4. The van der Waals surface area contributed by atoms with E-state index >= 15 is 0 Å². The van der Waals surface area contributed by atoms with Crippen LogP contribution in [0.1, 0.15) is 30.1 Å². The summed E-state index contributed by atoms with van der Waals surface area (Å²) in [4.78, 5) is 21.9. The minimum absolute atomic E-state index is 0.0216. The summed E-state index contributed by atoms with van der Waals surface area (Å²) in [6.45, 7) is 1.96. The summed E-state index contributed by atoms with van der Waals surface area (Å²) in [5.74, 6) is 0.314. The van der Waals surface area contributed by atoms with Gasteiger partial charge in [-0.05, 0) is 37.8 Å². The van der Waals surface area contributed by atoms with Gasteiger partial charge in [0, 0.05) is 17.7 Å². The average molecular weight is 269 g/mol. The van der Waals surface area contributed by atoms with Crippen molar-refractivity contribution in [1.29, 1.82) is 0 Å². The molecule has 18 heavy (non-hydrogen) atoms. The number of hydrogen-bond acceptors (Lipinski definition) is 3. The second-order valence-electron chi connectivity index (χ2n) is 4.52. The zero-order chi connectivity index (χ0) is 13.3. The van der Waals surface area contributed by atoms with Crippen molar-refractivity contribution < 1.29 is 9.72 Å². The Hall–Kier alpha value is -1.62. The zero-order valence-corrected chi connectivity index (χ0v) is 10.6. The molecule has 0 bridgehead atoms. The van der Waals surface area contributed by atoms with Crippen LogP contribution in [-0.2, 0) is 0 Å². The van der Waals surface area contributed by atoms with Gasteiger partial charge >= 0.3 is 0 Å². The van der Waals surface area contributed by atoms with Crippen LogP contribution in [0.2, 0.25) is 5.02 Å². The predicted octanol–water partition coefficient (Wildman–Crippen LogP) is 2.78. The number of nitrogens with zero attached hydrogens (tertiary/aromatic N) is 1. The van der Waals surface area contributed by atoms with Crippen LogP contribution in [0.4, 0.5) is 5.69 Å². The maximum atomic E-state index is 11.9. The molecule has 1 amide bonds. The number of halogens is 1. The van der Waals surface area contributed by atoms with E-state index < -0.39 is 4.92 Å².